The zero-order chi connectivity index (χ0) is 15.9. The van der Waals surface area contributed by atoms with Crippen molar-refractivity contribution in [2.24, 2.45) is 16.6 Å². The molecule has 126 valence electrons. The van der Waals surface area contributed by atoms with E-state index in [4.69, 9.17) is 10.5 Å². The number of halogens is 4. The molecular formula is C13H20F3IN4O. The number of pyridine rings is 1. The summed E-state index contributed by atoms with van der Waals surface area (Å²) < 4.78 is 43.1. The molecule has 0 saturated carbocycles. The maximum Gasteiger partial charge on any atom is 0.421 e. The van der Waals surface area contributed by atoms with E-state index in [0.717, 1.165) is 6.07 Å². The summed E-state index contributed by atoms with van der Waals surface area (Å²) in [6, 6.07) is 2.14. The molecule has 0 spiro atoms. The summed E-state index contributed by atoms with van der Waals surface area (Å²) in [5, 5.41) is 2.76. The second kappa shape index (κ2) is 9.70. The van der Waals surface area contributed by atoms with Gasteiger partial charge >= 0.3 is 6.18 Å². The average molecular weight is 432 g/mol. The van der Waals surface area contributed by atoms with Crippen LogP contribution in [0.15, 0.2) is 23.3 Å². The minimum absolute atomic E-state index is 0. The molecule has 1 aromatic heterocycles. The van der Waals surface area contributed by atoms with E-state index in [1.807, 2.05) is 13.8 Å². The molecule has 0 aromatic carbocycles. The van der Waals surface area contributed by atoms with Crippen LogP contribution in [0.5, 0.6) is 5.88 Å². The second-order valence-corrected chi connectivity index (χ2v) is 4.75. The van der Waals surface area contributed by atoms with E-state index in [2.05, 4.69) is 15.3 Å². The number of guanidine groups is 1. The molecule has 1 heterocycles. The van der Waals surface area contributed by atoms with E-state index < -0.39 is 17.6 Å². The minimum Gasteiger partial charge on any atom is -0.475 e. The summed E-state index contributed by atoms with van der Waals surface area (Å²) in [5.41, 5.74) is 4.69. The van der Waals surface area contributed by atoms with Crippen LogP contribution in [0.4, 0.5) is 13.2 Å². The highest BCUT2D eigenvalue weighted by atomic mass is 127. The highest BCUT2D eigenvalue weighted by molar-refractivity contribution is 14.0. The SMILES string of the molecule is CC(C)CN=C(N)NCCOc1ncccc1C(F)(F)F.I. The number of aromatic nitrogens is 1. The van der Waals surface area contributed by atoms with Gasteiger partial charge in [0.25, 0.3) is 0 Å². The predicted octanol–water partition coefficient (Wildman–Crippen LogP) is 2.66. The zero-order valence-corrected chi connectivity index (χ0v) is 14.7. The third-order valence-corrected chi connectivity index (χ3v) is 2.35. The molecule has 0 fully saturated rings. The van der Waals surface area contributed by atoms with Crippen LogP contribution < -0.4 is 15.8 Å². The Hall–Kier alpha value is -1.26. The molecule has 9 heteroatoms. The summed E-state index contributed by atoms with van der Waals surface area (Å²) in [7, 11) is 0. The van der Waals surface area contributed by atoms with Crippen LogP contribution in [0, 0.1) is 5.92 Å². The molecule has 1 rings (SSSR count). The minimum atomic E-state index is -4.49. The van der Waals surface area contributed by atoms with Gasteiger partial charge in [-0.1, -0.05) is 13.8 Å². The fourth-order valence-electron chi connectivity index (χ4n) is 1.39. The Morgan fingerprint density at radius 2 is 2.14 bits per heavy atom. The van der Waals surface area contributed by atoms with Crippen LogP contribution in [-0.2, 0) is 6.18 Å². The highest BCUT2D eigenvalue weighted by Crippen LogP contribution is 2.34. The van der Waals surface area contributed by atoms with Crippen molar-refractivity contribution in [1.82, 2.24) is 10.3 Å². The molecule has 5 nitrogen and oxygen atoms in total. The van der Waals surface area contributed by atoms with E-state index >= 15 is 0 Å². The molecule has 22 heavy (non-hydrogen) atoms. The quantitative estimate of drug-likeness (QED) is 0.314. The van der Waals surface area contributed by atoms with E-state index in [1.54, 1.807) is 0 Å². The Morgan fingerprint density at radius 3 is 2.73 bits per heavy atom. The van der Waals surface area contributed by atoms with Crippen molar-refractivity contribution < 1.29 is 17.9 Å². The van der Waals surface area contributed by atoms with Crippen molar-refractivity contribution >= 4 is 29.9 Å². The summed E-state index contributed by atoms with van der Waals surface area (Å²) in [4.78, 5) is 7.65. The topological polar surface area (TPSA) is 72.5 Å². The molecule has 0 saturated heterocycles. The number of aliphatic imine (C=N–C) groups is 1. The number of nitrogens with two attached hydrogens (primary N) is 1. The Labute approximate surface area is 144 Å². The number of rotatable bonds is 6. The molecule has 1 aromatic rings. The normalized spacial score (nSPS) is 12.0. The standard InChI is InChI=1S/C13H19F3N4O.HI/c1-9(2)8-20-12(17)19-6-7-21-11-10(13(14,15)16)4-3-5-18-11;/h3-5,9H,6-8H2,1-2H3,(H3,17,19,20);1H. The summed E-state index contributed by atoms with van der Waals surface area (Å²) >= 11 is 0. The number of nitrogens with one attached hydrogen (secondary N) is 1. The van der Waals surface area contributed by atoms with E-state index in [1.165, 1.54) is 12.3 Å². The Balaban J connectivity index is 0.00000441. The number of hydrogen-bond donors (Lipinski definition) is 2. The molecule has 0 amide bonds. The van der Waals surface area contributed by atoms with Gasteiger partial charge in [-0.05, 0) is 18.1 Å². The third kappa shape index (κ3) is 7.66. The van der Waals surface area contributed by atoms with Crippen LogP contribution in [-0.4, -0.2) is 30.6 Å². The first kappa shape index (κ1) is 20.7. The number of nitrogens with zero attached hydrogens (tertiary/aromatic N) is 2. The lowest BCUT2D eigenvalue weighted by Crippen LogP contribution is -2.35. The fraction of sp³-hybridized carbons (Fsp3) is 0.538. The number of ether oxygens (including phenoxy) is 1. The van der Waals surface area contributed by atoms with E-state index in [-0.39, 0.29) is 43.1 Å². The molecule has 0 bridgehead atoms. The molecule has 0 aliphatic rings. The number of hydrogen-bond acceptors (Lipinski definition) is 3. The monoisotopic (exact) mass is 432 g/mol. The molecule has 3 N–H and O–H groups in total. The van der Waals surface area contributed by atoms with Gasteiger partial charge in [-0.25, -0.2) is 4.98 Å². The Bertz CT molecular complexity index is 481. The van der Waals surface area contributed by atoms with Crippen molar-refractivity contribution in [2.45, 2.75) is 20.0 Å². The van der Waals surface area contributed by atoms with Crippen LogP contribution in [0.2, 0.25) is 0 Å². The van der Waals surface area contributed by atoms with Crippen LogP contribution in [0.1, 0.15) is 19.4 Å². The highest BCUT2D eigenvalue weighted by Gasteiger charge is 2.34. The van der Waals surface area contributed by atoms with Crippen molar-refractivity contribution in [2.75, 3.05) is 19.7 Å². The van der Waals surface area contributed by atoms with E-state index in [9.17, 15) is 13.2 Å². The largest absolute Gasteiger partial charge is 0.475 e. The second-order valence-electron chi connectivity index (χ2n) is 4.75. The molecule has 0 radical (unpaired) electrons. The van der Waals surface area contributed by atoms with Crippen molar-refractivity contribution in [1.29, 1.82) is 0 Å². The molecule has 0 aliphatic carbocycles. The summed E-state index contributed by atoms with van der Waals surface area (Å²) in [5.74, 6) is 0.179. The van der Waals surface area contributed by atoms with Crippen molar-refractivity contribution in [3.8, 4) is 5.88 Å². The molecule has 0 atom stereocenters. The molecule has 0 aliphatic heterocycles. The van der Waals surface area contributed by atoms with Crippen molar-refractivity contribution in [3.63, 3.8) is 0 Å². The van der Waals surface area contributed by atoms with Crippen LogP contribution in [0.25, 0.3) is 0 Å². The molecular weight excluding hydrogens is 412 g/mol. The Morgan fingerprint density at radius 1 is 1.45 bits per heavy atom. The fourth-order valence-corrected chi connectivity index (χ4v) is 1.39. The first-order chi connectivity index (χ1) is 9.80. The summed E-state index contributed by atoms with van der Waals surface area (Å²) in [6.45, 7) is 4.82. The first-order valence-corrected chi connectivity index (χ1v) is 6.49. The van der Waals surface area contributed by atoms with Gasteiger partial charge in [-0.2, -0.15) is 13.2 Å². The van der Waals surface area contributed by atoms with Gasteiger partial charge in [0.2, 0.25) is 5.88 Å². The van der Waals surface area contributed by atoms with Gasteiger partial charge in [0.15, 0.2) is 5.96 Å². The van der Waals surface area contributed by atoms with Crippen LogP contribution in [0.3, 0.4) is 0 Å². The average Bonchev–Trinajstić information content (AvgIpc) is 2.40. The first-order valence-electron chi connectivity index (χ1n) is 6.49. The predicted molar refractivity (Wildman–Crippen MR) is 89.5 cm³/mol. The van der Waals surface area contributed by atoms with Gasteiger partial charge in [0, 0.05) is 12.7 Å². The van der Waals surface area contributed by atoms with Crippen molar-refractivity contribution in [3.05, 3.63) is 23.9 Å². The smallest absolute Gasteiger partial charge is 0.421 e. The lowest BCUT2D eigenvalue weighted by molar-refractivity contribution is -0.139. The van der Waals surface area contributed by atoms with Gasteiger partial charge in [-0.15, -0.1) is 24.0 Å². The molecule has 0 unspecified atom stereocenters. The zero-order valence-electron chi connectivity index (χ0n) is 12.4. The lowest BCUT2D eigenvalue weighted by atomic mass is 10.2. The Kier molecular flexibility index (Phi) is 9.14. The van der Waals surface area contributed by atoms with Gasteiger partial charge in [0.05, 0.1) is 6.54 Å². The lowest BCUT2D eigenvalue weighted by Gasteiger charge is -2.12. The summed E-state index contributed by atoms with van der Waals surface area (Å²) in [6.07, 6.45) is -3.24. The van der Waals surface area contributed by atoms with E-state index in [0.29, 0.717) is 12.5 Å². The van der Waals surface area contributed by atoms with Gasteiger partial charge in [0.1, 0.15) is 12.2 Å². The number of alkyl halides is 3. The maximum absolute atomic E-state index is 12.7. The maximum atomic E-state index is 12.7. The van der Waals surface area contributed by atoms with Gasteiger partial charge < -0.3 is 15.8 Å². The van der Waals surface area contributed by atoms with Gasteiger partial charge in [-0.3, -0.25) is 4.99 Å². The third-order valence-electron chi connectivity index (χ3n) is 2.35. The van der Waals surface area contributed by atoms with Crippen LogP contribution >= 0.6 is 24.0 Å².